The highest BCUT2D eigenvalue weighted by Gasteiger charge is 2.38. The number of hydrogen-bond acceptors (Lipinski definition) is 7. The van der Waals surface area contributed by atoms with Crippen LogP contribution < -0.4 is 20.5 Å². The smallest absolute Gasteiger partial charge is 0.263 e. The number of ether oxygens (including phenoxy) is 1. The third-order valence-electron chi connectivity index (χ3n) is 7.54. The summed E-state index contributed by atoms with van der Waals surface area (Å²) in [4.78, 5) is 37.8. The van der Waals surface area contributed by atoms with Crippen LogP contribution in [0.1, 0.15) is 65.7 Å². The van der Waals surface area contributed by atoms with E-state index in [9.17, 15) is 9.59 Å². The summed E-state index contributed by atoms with van der Waals surface area (Å²) in [5.41, 5.74) is 4.05. The van der Waals surface area contributed by atoms with Crippen molar-refractivity contribution in [1.29, 1.82) is 0 Å². The molecule has 10 heteroatoms. The topological polar surface area (TPSA) is 107 Å². The summed E-state index contributed by atoms with van der Waals surface area (Å²) >= 11 is 0. The molecule has 208 valence electrons. The van der Waals surface area contributed by atoms with Crippen molar-refractivity contribution in [3.8, 4) is 5.75 Å². The lowest BCUT2D eigenvalue weighted by Crippen LogP contribution is -2.41. The fourth-order valence-corrected chi connectivity index (χ4v) is 5.37. The molecule has 10 nitrogen and oxygen atoms in total. The first-order valence-electron chi connectivity index (χ1n) is 13.6. The van der Waals surface area contributed by atoms with Crippen LogP contribution in [0.5, 0.6) is 5.75 Å². The number of hydrogen-bond donors (Lipinski definition) is 1. The second-order valence-corrected chi connectivity index (χ2v) is 10.00. The van der Waals surface area contributed by atoms with E-state index < -0.39 is 0 Å². The molecule has 1 amide bonds. The summed E-state index contributed by atoms with van der Waals surface area (Å²) in [5.74, 6) is 1.02. The molecule has 0 aromatic carbocycles. The van der Waals surface area contributed by atoms with E-state index >= 15 is 0 Å². The summed E-state index contributed by atoms with van der Waals surface area (Å²) in [6.07, 6.45) is 9.10. The Morgan fingerprint density at radius 1 is 1.20 bits per heavy atom. The molecule has 4 aromatic rings. The van der Waals surface area contributed by atoms with Crippen LogP contribution in [0.2, 0.25) is 0 Å². The number of pyridine rings is 2. The summed E-state index contributed by atoms with van der Waals surface area (Å²) in [6, 6.07) is 8.82. The molecule has 0 unspecified atom stereocenters. The monoisotopic (exact) mass is 541 g/mol. The lowest BCUT2D eigenvalue weighted by Gasteiger charge is -2.26. The number of rotatable bonds is 8. The van der Waals surface area contributed by atoms with Gasteiger partial charge in [-0.15, -0.1) is 5.10 Å². The van der Waals surface area contributed by atoms with Gasteiger partial charge < -0.3 is 19.5 Å². The van der Waals surface area contributed by atoms with E-state index in [1.807, 2.05) is 55.6 Å². The van der Waals surface area contributed by atoms with Crippen molar-refractivity contribution < 1.29 is 9.53 Å². The summed E-state index contributed by atoms with van der Waals surface area (Å²) in [6.45, 7) is 8.79. The van der Waals surface area contributed by atoms with E-state index in [1.165, 1.54) is 0 Å². The highest BCUT2D eigenvalue weighted by atomic mass is 16.5. The Kier molecular flexibility index (Phi) is 7.68. The summed E-state index contributed by atoms with van der Waals surface area (Å²) in [7, 11) is 1.62. The Balaban J connectivity index is 1.51. The van der Waals surface area contributed by atoms with Crippen LogP contribution in [0.15, 0.2) is 53.6 Å². The van der Waals surface area contributed by atoms with Gasteiger partial charge in [0.1, 0.15) is 22.8 Å². The maximum absolute atomic E-state index is 13.4. The summed E-state index contributed by atoms with van der Waals surface area (Å²) < 4.78 is 9.11. The predicted molar refractivity (Wildman–Crippen MR) is 155 cm³/mol. The first-order valence-corrected chi connectivity index (χ1v) is 13.6. The van der Waals surface area contributed by atoms with Gasteiger partial charge in [-0.3, -0.25) is 14.6 Å². The minimum absolute atomic E-state index is 0.153. The summed E-state index contributed by atoms with van der Waals surface area (Å²) in [5, 5.41) is 8.05. The van der Waals surface area contributed by atoms with Crippen molar-refractivity contribution in [3.63, 3.8) is 0 Å². The van der Waals surface area contributed by atoms with Crippen LogP contribution in [0.3, 0.4) is 0 Å². The number of aromatic nitrogens is 5. The van der Waals surface area contributed by atoms with Gasteiger partial charge >= 0.3 is 0 Å². The van der Waals surface area contributed by atoms with Crippen LogP contribution in [-0.4, -0.2) is 49.8 Å². The second-order valence-electron chi connectivity index (χ2n) is 10.00. The molecule has 1 aliphatic rings. The largest absolute Gasteiger partial charge is 0.495 e. The van der Waals surface area contributed by atoms with Crippen molar-refractivity contribution in [1.82, 2.24) is 29.5 Å². The zero-order valence-corrected chi connectivity index (χ0v) is 23.6. The maximum Gasteiger partial charge on any atom is 0.263 e. The van der Waals surface area contributed by atoms with Crippen molar-refractivity contribution in [2.24, 2.45) is 0 Å². The molecule has 0 spiro atoms. The molecule has 1 aliphatic heterocycles. The van der Waals surface area contributed by atoms with Crippen LogP contribution in [-0.2, 0) is 6.54 Å². The van der Waals surface area contributed by atoms with E-state index in [4.69, 9.17) is 9.84 Å². The molecular weight excluding hydrogens is 506 g/mol. The molecule has 5 heterocycles. The average Bonchev–Trinajstić information content (AvgIpc) is 3.57. The first kappa shape index (κ1) is 27.1. The van der Waals surface area contributed by atoms with Gasteiger partial charge in [-0.25, -0.2) is 9.50 Å². The molecule has 1 N–H and O–H groups in total. The molecule has 5 rings (SSSR count). The Hall–Kier alpha value is -4.47. The Bertz CT molecular complexity index is 1640. The van der Waals surface area contributed by atoms with Gasteiger partial charge in [-0.1, -0.05) is 13.0 Å². The molecule has 1 saturated heterocycles. The standard InChI is InChI=1S/C30H35N7O3/c1-6-8-10-22-17-32-26-12-13-27(34-37(22)26)36-18-21(16-24(36)28-25(40-5)11-9-14-31-28)33-29(38)23-15-19(3)20(4)35(7-2)30(23)39/h8-15,17,21,24H,6-7,16,18H2,1-5H3,(H,33,38)/b10-8+/t21-,24+/m0/s1. The van der Waals surface area contributed by atoms with E-state index in [0.29, 0.717) is 25.3 Å². The first-order chi connectivity index (χ1) is 19.4. The lowest BCUT2D eigenvalue weighted by molar-refractivity contribution is 0.0937. The average molecular weight is 542 g/mol. The zero-order valence-electron chi connectivity index (χ0n) is 23.6. The molecule has 0 saturated carbocycles. The van der Waals surface area contributed by atoms with Gasteiger partial charge in [-0.2, -0.15) is 0 Å². The maximum atomic E-state index is 13.4. The SMILES string of the molecule is CC/C=C/c1cnc2ccc(N3C[C@@H](NC(=O)c4cc(C)c(C)n(CC)c4=O)C[C@@H]3c3ncccc3OC)nn12. The number of nitrogens with zero attached hydrogens (tertiary/aromatic N) is 6. The fourth-order valence-electron chi connectivity index (χ4n) is 5.37. The van der Waals surface area contributed by atoms with Crippen LogP contribution >= 0.6 is 0 Å². The van der Waals surface area contributed by atoms with E-state index in [0.717, 1.165) is 40.5 Å². The number of allylic oxidation sites excluding steroid dienone is 1. The Labute approximate surface area is 233 Å². The van der Waals surface area contributed by atoms with Gasteiger partial charge in [0.25, 0.3) is 11.5 Å². The van der Waals surface area contributed by atoms with Gasteiger partial charge in [0.05, 0.1) is 25.0 Å². The molecule has 0 aliphatic carbocycles. The number of carbonyl (C=O) groups excluding carboxylic acids is 1. The minimum atomic E-state index is -0.376. The third kappa shape index (κ3) is 4.97. The predicted octanol–water partition coefficient (Wildman–Crippen LogP) is 4.10. The zero-order chi connectivity index (χ0) is 28.4. The van der Waals surface area contributed by atoms with Crippen molar-refractivity contribution in [3.05, 3.63) is 87.4 Å². The number of nitrogens with one attached hydrogen (secondary N) is 1. The highest BCUT2D eigenvalue weighted by molar-refractivity contribution is 5.94. The van der Waals surface area contributed by atoms with Gasteiger partial charge in [0.15, 0.2) is 5.65 Å². The lowest BCUT2D eigenvalue weighted by atomic mass is 10.1. The van der Waals surface area contributed by atoms with Crippen LogP contribution in [0, 0.1) is 13.8 Å². The number of aryl methyl sites for hydroxylation is 1. The normalized spacial score (nSPS) is 17.2. The van der Waals surface area contributed by atoms with Crippen LogP contribution in [0.25, 0.3) is 11.7 Å². The van der Waals surface area contributed by atoms with Crippen molar-refractivity contribution in [2.45, 2.75) is 59.2 Å². The quantitative estimate of drug-likeness (QED) is 0.358. The number of carbonyl (C=O) groups is 1. The fraction of sp³-hybridized carbons (Fsp3) is 0.367. The Morgan fingerprint density at radius 2 is 2.02 bits per heavy atom. The van der Waals surface area contributed by atoms with E-state index in [-0.39, 0.29) is 29.1 Å². The second kappa shape index (κ2) is 11.3. The minimum Gasteiger partial charge on any atom is -0.495 e. The Morgan fingerprint density at radius 3 is 2.77 bits per heavy atom. The van der Waals surface area contributed by atoms with E-state index in [1.54, 1.807) is 30.1 Å². The third-order valence-corrected chi connectivity index (χ3v) is 7.54. The van der Waals surface area contributed by atoms with Crippen molar-refractivity contribution >= 4 is 23.4 Å². The molecule has 1 fully saturated rings. The number of methoxy groups -OCH3 is 1. The number of anilines is 1. The van der Waals surface area contributed by atoms with Crippen molar-refractivity contribution in [2.75, 3.05) is 18.6 Å². The molecule has 4 aromatic heterocycles. The number of amides is 1. The van der Waals surface area contributed by atoms with Crippen LogP contribution in [0.4, 0.5) is 5.82 Å². The van der Waals surface area contributed by atoms with Gasteiger partial charge in [-0.05, 0) is 75.6 Å². The molecular formula is C30H35N7O3. The van der Waals surface area contributed by atoms with Gasteiger partial charge in [0.2, 0.25) is 0 Å². The van der Waals surface area contributed by atoms with E-state index in [2.05, 4.69) is 33.2 Å². The number of imidazole rings is 1. The highest BCUT2D eigenvalue weighted by Crippen LogP contribution is 2.38. The molecule has 40 heavy (non-hydrogen) atoms. The number of fused-ring (bicyclic) bond motifs is 1. The molecule has 2 atom stereocenters. The van der Waals surface area contributed by atoms with Gasteiger partial charge in [0, 0.05) is 31.0 Å². The molecule has 0 radical (unpaired) electrons. The molecule has 0 bridgehead atoms.